The van der Waals surface area contributed by atoms with Gasteiger partial charge in [0.25, 0.3) is 0 Å². The maximum atomic E-state index is 6.91. The summed E-state index contributed by atoms with van der Waals surface area (Å²) in [7, 11) is 1.53. The quantitative estimate of drug-likeness (QED) is 0.591. The predicted molar refractivity (Wildman–Crippen MR) is 90.1 cm³/mol. The minimum Gasteiger partial charge on any atom is -0.494 e. The zero-order valence-electron chi connectivity index (χ0n) is 13.0. The Kier molecular flexibility index (Phi) is 5.83. The van der Waals surface area contributed by atoms with Gasteiger partial charge in [0.2, 0.25) is 0 Å². The van der Waals surface area contributed by atoms with Crippen LogP contribution in [0.1, 0.15) is 37.7 Å². The third kappa shape index (κ3) is 4.01. The summed E-state index contributed by atoms with van der Waals surface area (Å²) in [5.74, 6) is 0.545. The van der Waals surface area contributed by atoms with Crippen molar-refractivity contribution >= 4 is 17.6 Å². The van der Waals surface area contributed by atoms with Crippen molar-refractivity contribution in [3.05, 3.63) is 29.8 Å². The van der Waals surface area contributed by atoms with Gasteiger partial charge < -0.3 is 26.4 Å². The summed E-state index contributed by atoms with van der Waals surface area (Å²) in [4.78, 5) is 0. The monoisotopic (exact) mass is 303 g/mol. The minimum absolute atomic E-state index is 0.462. The fraction of sp³-hybridized carbons (Fsp3) is 0.471. The molecular formula is C17H25N3O2. The number of anilines is 1. The molecule has 2 fully saturated rings. The van der Waals surface area contributed by atoms with E-state index in [0.717, 1.165) is 6.21 Å². The van der Waals surface area contributed by atoms with Gasteiger partial charge in [-0.15, -0.1) is 0 Å². The number of nitrogen functional groups attached to an aromatic ring is 1. The molecule has 2 aliphatic heterocycles. The van der Waals surface area contributed by atoms with Gasteiger partial charge >= 0.3 is 0 Å². The van der Waals surface area contributed by atoms with Crippen LogP contribution in [0.5, 0.6) is 5.75 Å². The third-order valence-electron chi connectivity index (χ3n) is 4.07. The van der Waals surface area contributed by atoms with Crippen LogP contribution in [-0.2, 0) is 4.74 Å². The Bertz CT molecular complexity index is 529. The SMILES string of the molecule is C1CC2CCC(C1)O2.COc1c(N)cccc1/C(N)=C/C=N. The molecule has 0 radical (unpaired) electrons. The van der Waals surface area contributed by atoms with E-state index in [-0.39, 0.29) is 0 Å². The first-order valence-electron chi connectivity index (χ1n) is 7.70. The van der Waals surface area contributed by atoms with E-state index in [9.17, 15) is 0 Å². The second-order valence-corrected chi connectivity index (χ2v) is 5.61. The molecule has 2 heterocycles. The molecule has 0 aromatic heterocycles. The zero-order valence-corrected chi connectivity index (χ0v) is 13.0. The van der Waals surface area contributed by atoms with E-state index in [1.807, 2.05) is 0 Å². The summed E-state index contributed by atoms with van der Waals surface area (Å²) >= 11 is 0. The highest BCUT2D eigenvalue weighted by Gasteiger charge is 2.28. The molecule has 2 aliphatic rings. The van der Waals surface area contributed by atoms with Crippen molar-refractivity contribution in [1.29, 1.82) is 5.41 Å². The second kappa shape index (κ2) is 7.84. The number of allylic oxidation sites excluding steroid dienone is 1. The fourth-order valence-electron chi connectivity index (χ4n) is 2.97. The zero-order chi connectivity index (χ0) is 15.9. The summed E-state index contributed by atoms with van der Waals surface area (Å²) in [6.07, 6.45) is 10.7. The number of para-hydroxylation sites is 1. The average Bonchev–Trinajstić information content (AvgIpc) is 2.86. The molecule has 5 N–H and O–H groups in total. The molecule has 2 atom stereocenters. The van der Waals surface area contributed by atoms with Gasteiger partial charge in [0.05, 0.1) is 25.0 Å². The molecule has 5 nitrogen and oxygen atoms in total. The van der Waals surface area contributed by atoms with Crippen molar-refractivity contribution in [3.8, 4) is 5.75 Å². The molecule has 120 valence electrons. The number of nitrogens with one attached hydrogen (secondary N) is 1. The van der Waals surface area contributed by atoms with Crippen LogP contribution in [-0.4, -0.2) is 25.5 Å². The third-order valence-corrected chi connectivity index (χ3v) is 4.07. The molecule has 0 saturated carbocycles. The normalized spacial score (nSPS) is 23.4. The number of rotatable bonds is 3. The van der Waals surface area contributed by atoms with Crippen LogP contribution in [0.15, 0.2) is 24.3 Å². The smallest absolute Gasteiger partial charge is 0.151 e. The molecule has 3 rings (SSSR count). The lowest BCUT2D eigenvalue weighted by atomic mass is 10.1. The van der Waals surface area contributed by atoms with Crippen LogP contribution < -0.4 is 16.2 Å². The van der Waals surface area contributed by atoms with Crippen LogP contribution in [0.4, 0.5) is 5.69 Å². The van der Waals surface area contributed by atoms with Gasteiger partial charge in [-0.1, -0.05) is 6.07 Å². The van der Waals surface area contributed by atoms with E-state index in [1.54, 1.807) is 18.2 Å². The van der Waals surface area contributed by atoms with Crippen molar-refractivity contribution < 1.29 is 9.47 Å². The Morgan fingerprint density at radius 2 is 1.95 bits per heavy atom. The minimum atomic E-state index is 0.462. The predicted octanol–water partition coefficient (Wildman–Crippen LogP) is 2.94. The highest BCUT2D eigenvalue weighted by Crippen LogP contribution is 2.31. The number of ether oxygens (including phenoxy) is 2. The van der Waals surface area contributed by atoms with Gasteiger partial charge in [0.15, 0.2) is 5.75 Å². The van der Waals surface area contributed by atoms with Crippen LogP contribution in [0, 0.1) is 5.41 Å². The van der Waals surface area contributed by atoms with Crippen LogP contribution >= 0.6 is 0 Å². The van der Waals surface area contributed by atoms with Crippen LogP contribution in [0.2, 0.25) is 0 Å². The van der Waals surface area contributed by atoms with Gasteiger partial charge in [0.1, 0.15) is 0 Å². The van der Waals surface area contributed by atoms with Crippen molar-refractivity contribution in [3.63, 3.8) is 0 Å². The molecule has 5 heteroatoms. The molecule has 2 unspecified atom stereocenters. The molecule has 0 amide bonds. The molecule has 2 bridgehead atoms. The molecule has 0 aliphatic carbocycles. The fourth-order valence-corrected chi connectivity index (χ4v) is 2.97. The standard InChI is InChI=1S/C10H13N3O.C7H12O/c1-14-10-7(8(12)5-6-11)3-2-4-9(10)13;1-2-6-4-5-7(3-1)8-6/h2-6,11H,12-13H2,1H3;6-7H,1-5H2/b8-5-,11-6?;. The number of nitrogens with two attached hydrogens (primary N) is 2. The molecular weight excluding hydrogens is 278 g/mol. The summed E-state index contributed by atoms with van der Waals surface area (Å²) in [5.41, 5.74) is 13.1. The van der Waals surface area contributed by atoms with Gasteiger partial charge in [-0.3, -0.25) is 0 Å². The van der Waals surface area contributed by atoms with Crippen molar-refractivity contribution in [2.24, 2.45) is 5.73 Å². The van der Waals surface area contributed by atoms with E-state index >= 15 is 0 Å². The average molecular weight is 303 g/mol. The van der Waals surface area contributed by atoms with Gasteiger partial charge in [-0.05, 0) is 50.3 Å². The van der Waals surface area contributed by atoms with Gasteiger partial charge in [-0.2, -0.15) is 0 Å². The first-order valence-corrected chi connectivity index (χ1v) is 7.70. The van der Waals surface area contributed by atoms with Crippen molar-refractivity contribution in [2.75, 3.05) is 12.8 Å². The first kappa shape index (κ1) is 16.4. The van der Waals surface area contributed by atoms with Gasteiger partial charge in [-0.25, -0.2) is 0 Å². The second-order valence-electron chi connectivity index (χ2n) is 5.61. The van der Waals surface area contributed by atoms with E-state index in [4.69, 9.17) is 26.4 Å². The molecule has 0 spiro atoms. The summed E-state index contributed by atoms with van der Waals surface area (Å²) in [5, 5.41) is 6.91. The maximum Gasteiger partial charge on any atom is 0.151 e. The van der Waals surface area contributed by atoms with E-state index in [2.05, 4.69) is 0 Å². The highest BCUT2D eigenvalue weighted by molar-refractivity contribution is 5.84. The maximum absolute atomic E-state index is 6.91. The Morgan fingerprint density at radius 1 is 1.27 bits per heavy atom. The number of hydrogen-bond acceptors (Lipinski definition) is 5. The number of hydrogen-bond donors (Lipinski definition) is 3. The van der Waals surface area contributed by atoms with E-state index < -0.39 is 0 Å². The number of benzene rings is 1. The Morgan fingerprint density at radius 3 is 2.50 bits per heavy atom. The topological polar surface area (TPSA) is 94.3 Å². The van der Waals surface area contributed by atoms with Crippen molar-refractivity contribution in [2.45, 2.75) is 44.3 Å². The van der Waals surface area contributed by atoms with Crippen LogP contribution in [0.25, 0.3) is 5.70 Å². The lowest BCUT2D eigenvalue weighted by Gasteiger charge is -2.18. The summed E-state index contributed by atoms with van der Waals surface area (Å²) < 4.78 is 10.7. The lowest BCUT2D eigenvalue weighted by Crippen LogP contribution is -2.16. The Balaban J connectivity index is 0.000000183. The molecule has 1 aromatic carbocycles. The Labute approximate surface area is 131 Å². The number of methoxy groups -OCH3 is 1. The molecule has 22 heavy (non-hydrogen) atoms. The summed E-state index contributed by atoms with van der Waals surface area (Å²) in [6, 6.07) is 5.32. The first-order chi connectivity index (χ1) is 10.7. The van der Waals surface area contributed by atoms with E-state index in [1.165, 1.54) is 45.3 Å². The van der Waals surface area contributed by atoms with Crippen molar-refractivity contribution in [1.82, 2.24) is 0 Å². The lowest BCUT2D eigenvalue weighted by molar-refractivity contribution is 0.00575. The molecule has 1 aromatic rings. The van der Waals surface area contributed by atoms with Crippen LogP contribution in [0.3, 0.4) is 0 Å². The van der Waals surface area contributed by atoms with E-state index in [0.29, 0.717) is 34.9 Å². The van der Waals surface area contributed by atoms with Gasteiger partial charge in [0, 0.05) is 17.5 Å². The Hall–Kier alpha value is -2.01. The largest absolute Gasteiger partial charge is 0.494 e. The number of fused-ring (bicyclic) bond motifs is 2. The molecule has 2 saturated heterocycles. The summed E-state index contributed by atoms with van der Waals surface area (Å²) in [6.45, 7) is 0. The highest BCUT2D eigenvalue weighted by atomic mass is 16.5.